The fraction of sp³-hybridized carbons (Fsp3) is 0.100. The van der Waals surface area contributed by atoms with E-state index in [1.54, 1.807) is 0 Å². The van der Waals surface area contributed by atoms with Crippen molar-refractivity contribution in [1.29, 1.82) is 0 Å². The monoisotopic (exact) mass is 228 g/mol. The third-order valence-corrected chi connectivity index (χ3v) is 0.873. The van der Waals surface area contributed by atoms with Crippen LogP contribution in [0.25, 0.3) is 0 Å². The molecule has 0 aromatic carbocycles. The van der Waals surface area contributed by atoms with Gasteiger partial charge in [-0.15, -0.1) is 13.2 Å². The van der Waals surface area contributed by atoms with Crippen LogP contribution in [0.1, 0.15) is 0 Å². The number of carbonyl (C=O) groups excluding carboxylic acids is 3. The molecule has 6 nitrogen and oxygen atoms in total. The summed E-state index contributed by atoms with van der Waals surface area (Å²) in [5.74, 6) is -1.80. The van der Waals surface area contributed by atoms with Gasteiger partial charge in [0.1, 0.15) is 0 Å². The molecule has 0 saturated carbocycles. The maximum Gasteiger partial charge on any atom is 0.516 e. The van der Waals surface area contributed by atoms with Gasteiger partial charge in [-0.25, -0.2) is 14.4 Å². The van der Waals surface area contributed by atoms with Crippen LogP contribution in [0.15, 0.2) is 38.7 Å². The van der Waals surface area contributed by atoms with Gasteiger partial charge in [0.05, 0.1) is 6.26 Å². The Morgan fingerprint density at radius 3 is 2.12 bits per heavy atom. The van der Waals surface area contributed by atoms with Crippen LogP contribution in [0.2, 0.25) is 0 Å². The molecule has 0 atom stereocenters. The summed E-state index contributed by atoms with van der Waals surface area (Å²) in [6.07, 6.45) is 0.366. The molecule has 0 aromatic rings. The van der Waals surface area contributed by atoms with Crippen molar-refractivity contribution in [2.24, 2.45) is 0 Å². The van der Waals surface area contributed by atoms with Crippen LogP contribution in [0.5, 0.6) is 0 Å². The number of esters is 2. The second kappa shape index (κ2) is 10.7. The number of hydrogen-bond donors (Lipinski definition) is 0. The molecular weight excluding hydrogens is 216 g/mol. The highest BCUT2D eigenvalue weighted by molar-refractivity contribution is 5.89. The van der Waals surface area contributed by atoms with Crippen molar-refractivity contribution in [3.05, 3.63) is 38.7 Å². The molecule has 0 bridgehead atoms. The van der Waals surface area contributed by atoms with Crippen molar-refractivity contribution in [2.75, 3.05) is 6.61 Å². The van der Waals surface area contributed by atoms with Crippen LogP contribution in [0.3, 0.4) is 0 Å². The van der Waals surface area contributed by atoms with Crippen molar-refractivity contribution in [3.63, 3.8) is 0 Å². The molecule has 0 aromatic heterocycles. The zero-order chi connectivity index (χ0) is 13.0. The molecule has 0 aliphatic carbocycles. The molecule has 0 saturated heterocycles. The SMILES string of the molecule is C=C.C=COC(=O)COC(=O)OC(=O)C=C. The second-order valence-electron chi connectivity index (χ2n) is 1.82. The lowest BCUT2D eigenvalue weighted by molar-refractivity contribution is -0.144. The van der Waals surface area contributed by atoms with E-state index in [0.717, 1.165) is 12.3 Å². The number of rotatable bonds is 4. The smallest absolute Gasteiger partial charge is 0.433 e. The molecular formula is C10H12O6. The Hall–Kier alpha value is -2.37. The second-order valence-corrected chi connectivity index (χ2v) is 1.82. The van der Waals surface area contributed by atoms with Crippen LogP contribution in [-0.4, -0.2) is 24.7 Å². The summed E-state index contributed by atoms with van der Waals surface area (Å²) in [6.45, 7) is 11.5. The zero-order valence-corrected chi connectivity index (χ0v) is 8.64. The maximum absolute atomic E-state index is 10.6. The predicted molar refractivity (Wildman–Crippen MR) is 55.2 cm³/mol. The van der Waals surface area contributed by atoms with Gasteiger partial charge in [0, 0.05) is 6.08 Å². The van der Waals surface area contributed by atoms with Gasteiger partial charge >= 0.3 is 18.1 Å². The summed E-state index contributed by atoms with van der Waals surface area (Å²) >= 11 is 0. The highest BCUT2D eigenvalue weighted by Crippen LogP contribution is 1.89. The Labute approximate surface area is 92.8 Å². The number of hydrogen-bond acceptors (Lipinski definition) is 6. The molecule has 0 radical (unpaired) electrons. The van der Waals surface area contributed by atoms with E-state index in [1.165, 1.54) is 0 Å². The van der Waals surface area contributed by atoms with Crippen LogP contribution >= 0.6 is 0 Å². The van der Waals surface area contributed by atoms with E-state index < -0.39 is 24.7 Å². The standard InChI is InChI=1S/C8H8O6.C2H4/c1-3-6(9)14-8(11)13-5-7(10)12-4-2;1-2/h3-4H,1-2,5H2;1-2H2. The summed E-state index contributed by atoms with van der Waals surface area (Å²) in [5, 5.41) is 0. The van der Waals surface area contributed by atoms with Crippen LogP contribution < -0.4 is 0 Å². The Bertz CT molecular complexity index is 281. The van der Waals surface area contributed by atoms with Gasteiger partial charge in [-0.3, -0.25) is 0 Å². The molecule has 0 unspecified atom stereocenters. The highest BCUT2D eigenvalue weighted by Gasteiger charge is 2.11. The molecule has 0 N–H and O–H groups in total. The normalized spacial score (nSPS) is 7.50. The molecule has 0 heterocycles. The third kappa shape index (κ3) is 9.72. The Morgan fingerprint density at radius 1 is 1.12 bits per heavy atom. The minimum absolute atomic E-state index is 0.657. The van der Waals surface area contributed by atoms with E-state index in [0.29, 0.717) is 0 Å². The molecule has 0 aliphatic rings. The number of carbonyl (C=O) groups is 3. The third-order valence-electron chi connectivity index (χ3n) is 0.873. The van der Waals surface area contributed by atoms with Gasteiger partial charge in [0.15, 0.2) is 6.61 Å². The molecule has 16 heavy (non-hydrogen) atoms. The average molecular weight is 228 g/mol. The largest absolute Gasteiger partial charge is 0.516 e. The first-order chi connectivity index (χ1) is 7.60. The van der Waals surface area contributed by atoms with Crippen molar-refractivity contribution in [1.82, 2.24) is 0 Å². The lowest BCUT2D eigenvalue weighted by atomic mass is 10.7. The quantitative estimate of drug-likeness (QED) is 0.237. The van der Waals surface area contributed by atoms with E-state index in [-0.39, 0.29) is 0 Å². The highest BCUT2D eigenvalue weighted by atomic mass is 16.7. The van der Waals surface area contributed by atoms with E-state index >= 15 is 0 Å². The van der Waals surface area contributed by atoms with Crippen LogP contribution in [0, 0.1) is 0 Å². The van der Waals surface area contributed by atoms with Crippen LogP contribution in [-0.2, 0) is 23.8 Å². The van der Waals surface area contributed by atoms with Gasteiger partial charge in [-0.05, 0) is 0 Å². The van der Waals surface area contributed by atoms with Gasteiger partial charge < -0.3 is 14.2 Å². The topological polar surface area (TPSA) is 78.9 Å². The van der Waals surface area contributed by atoms with Crippen molar-refractivity contribution in [3.8, 4) is 0 Å². The summed E-state index contributed by atoms with van der Waals surface area (Å²) < 4.78 is 12.4. The van der Waals surface area contributed by atoms with Gasteiger partial charge in [-0.1, -0.05) is 13.2 Å². The molecule has 0 spiro atoms. The summed E-state index contributed by atoms with van der Waals surface area (Å²) in [4.78, 5) is 31.6. The predicted octanol–water partition coefficient (Wildman–Crippen LogP) is 1.34. The molecule has 6 heteroatoms. The summed E-state index contributed by atoms with van der Waals surface area (Å²) in [6, 6.07) is 0. The first-order valence-corrected chi connectivity index (χ1v) is 3.91. The fourth-order valence-electron chi connectivity index (χ4n) is 0.398. The number of ether oxygens (including phenoxy) is 3. The lowest BCUT2D eigenvalue weighted by Crippen LogP contribution is -2.17. The molecule has 0 rings (SSSR count). The zero-order valence-electron chi connectivity index (χ0n) is 8.64. The van der Waals surface area contributed by atoms with Gasteiger partial charge in [0.25, 0.3) is 0 Å². The first-order valence-electron chi connectivity index (χ1n) is 3.91. The molecule has 0 fully saturated rings. The van der Waals surface area contributed by atoms with E-state index in [1.807, 2.05) is 0 Å². The minimum Gasteiger partial charge on any atom is -0.433 e. The van der Waals surface area contributed by atoms with Crippen LogP contribution in [0.4, 0.5) is 4.79 Å². The molecule has 0 amide bonds. The molecule has 88 valence electrons. The average Bonchev–Trinajstić information content (AvgIpc) is 2.29. The van der Waals surface area contributed by atoms with Crippen molar-refractivity contribution >= 4 is 18.1 Å². The summed E-state index contributed by atoms with van der Waals surface area (Å²) in [7, 11) is 0. The first kappa shape index (κ1) is 16.1. The van der Waals surface area contributed by atoms with E-state index in [2.05, 4.69) is 40.5 Å². The van der Waals surface area contributed by atoms with Crippen molar-refractivity contribution < 1.29 is 28.6 Å². The minimum atomic E-state index is -1.30. The molecule has 0 aliphatic heterocycles. The van der Waals surface area contributed by atoms with Gasteiger partial charge in [-0.2, -0.15) is 0 Å². The van der Waals surface area contributed by atoms with Gasteiger partial charge in [0.2, 0.25) is 0 Å². The fourth-order valence-corrected chi connectivity index (χ4v) is 0.398. The Morgan fingerprint density at radius 2 is 1.69 bits per heavy atom. The van der Waals surface area contributed by atoms with E-state index in [4.69, 9.17) is 0 Å². The Balaban J connectivity index is 0. The Kier molecular flexibility index (Phi) is 10.8. The van der Waals surface area contributed by atoms with Crippen molar-refractivity contribution in [2.45, 2.75) is 0 Å². The lowest BCUT2D eigenvalue weighted by Gasteiger charge is -2.01. The maximum atomic E-state index is 10.6. The van der Waals surface area contributed by atoms with E-state index in [9.17, 15) is 14.4 Å². The summed E-state index contributed by atoms with van der Waals surface area (Å²) in [5.41, 5.74) is 0.